The summed E-state index contributed by atoms with van der Waals surface area (Å²) in [7, 11) is 0. The number of halogens is 1. The lowest BCUT2D eigenvalue weighted by Crippen LogP contribution is -2.60. The molecule has 1 saturated carbocycles. The third kappa shape index (κ3) is 1.80. The molecule has 3 heteroatoms. The van der Waals surface area contributed by atoms with Gasteiger partial charge in [-0.05, 0) is 18.6 Å². The van der Waals surface area contributed by atoms with Crippen molar-refractivity contribution in [3.63, 3.8) is 0 Å². The zero-order valence-electron chi connectivity index (χ0n) is 9.96. The Balaban J connectivity index is 2.13. The second-order valence-electron chi connectivity index (χ2n) is 5.18. The fourth-order valence-corrected chi connectivity index (χ4v) is 1.97. The Morgan fingerprint density at radius 1 is 1.44 bits per heavy atom. The Kier molecular flexibility index (Phi) is 2.66. The highest BCUT2D eigenvalue weighted by Gasteiger charge is 2.48. The number of hydrogen-bond donors (Lipinski definition) is 1. The third-order valence-electron chi connectivity index (χ3n) is 3.67. The number of aryl methyl sites for hydroxylation is 1. The first-order valence-corrected chi connectivity index (χ1v) is 5.59. The molecule has 1 aromatic rings. The number of hydrogen-bond acceptors (Lipinski definition) is 2. The van der Waals surface area contributed by atoms with Gasteiger partial charge in [0.1, 0.15) is 17.7 Å². The minimum atomic E-state index is -0.262. The topological polar surface area (TPSA) is 35.2 Å². The van der Waals surface area contributed by atoms with E-state index in [-0.39, 0.29) is 23.4 Å². The van der Waals surface area contributed by atoms with Gasteiger partial charge in [-0.25, -0.2) is 4.39 Å². The molecule has 2 N–H and O–H groups in total. The number of rotatable bonds is 2. The minimum absolute atomic E-state index is 0.0290. The van der Waals surface area contributed by atoms with Crippen LogP contribution in [0.15, 0.2) is 18.2 Å². The van der Waals surface area contributed by atoms with E-state index in [4.69, 9.17) is 10.5 Å². The van der Waals surface area contributed by atoms with E-state index in [0.717, 1.165) is 12.0 Å². The van der Waals surface area contributed by atoms with Gasteiger partial charge in [-0.2, -0.15) is 0 Å². The van der Waals surface area contributed by atoms with Gasteiger partial charge in [-0.15, -0.1) is 0 Å². The summed E-state index contributed by atoms with van der Waals surface area (Å²) in [5, 5.41) is 0. The highest BCUT2D eigenvalue weighted by atomic mass is 19.1. The van der Waals surface area contributed by atoms with Crippen LogP contribution in [-0.4, -0.2) is 12.1 Å². The van der Waals surface area contributed by atoms with E-state index in [0.29, 0.717) is 5.75 Å². The lowest BCUT2D eigenvalue weighted by molar-refractivity contribution is -0.0404. The van der Waals surface area contributed by atoms with Crippen molar-refractivity contribution in [2.45, 2.75) is 39.3 Å². The largest absolute Gasteiger partial charge is 0.489 e. The summed E-state index contributed by atoms with van der Waals surface area (Å²) in [6.07, 6.45) is 0.922. The predicted octanol–water partition coefficient (Wildman–Crippen LogP) is 2.64. The highest BCUT2D eigenvalue weighted by Crippen LogP contribution is 2.42. The Hall–Kier alpha value is -1.09. The molecule has 0 spiro atoms. The second kappa shape index (κ2) is 3.74. The van der Waals surface area contributed by atoms with Gasteiger partial charge < -0.3 is 10.5 Å². The number of benzene rings is 1. The fraction of sp³-hybridized carbons (Fsp3) is 0.538. The van der Waals surface area contributed by atoms with Crippen molar-refractivity contribution in [2.24, 2.45) is 11.1 Å². The van der Waals surface area contributed by atoms with Crippen molar-refractivity contribution >= 4 is 0 Å². The average Bonchev–Trinajstić information content (AvgIpc) is 2.23. The van der Waals surface area contributed by atoms with Gasteiger partial charge in [0.15, 0.2) is 0 Å². The number of nitrogens with two attached hydrogens (primary N) is 1. The molecule has 0 amide bonds. The molecule has 16 heavy (non-hydrogen) atoms. The van der Waals surface area contributed by atoms with Crippen LogP contribution in [0.1, 0.15) is 25.8 Å². The molecular weight excluding hydrogens is 205 g/mol. The van der Waals surface area contributed by atoms with Crippen LogP contribution >= 0.6 is 0 Å². The molecule has 0 aromatic heterocycles. The van der Waals surface area contributed by atoms with E-state index in [1.165, 1.54) is 12.1 Å². The van der Waals surface area contributed by atoms with Crippen LogP contribution < -0.4 is 10.5 Å². The predicted molar refractivity (Wildman–Crippen MR) is 61.9 cm³/mol. The lowest BCUT2D eigenvalue weighted by atomic mass is 9.65. The first kappa shape index (κ1) is 11.4. The monoisotopic (exact) mass is 223 g/mol. The molecule has 2 unspecified atom stereocenters. The van der Waals surface area contributed by atoms with E-state index in [1.807, 2.05) is 6.92 Å². The molecular formula is C13H18FNO. The molecule has 0 bridgehead atoms. The van der Waals surface area contributed by atoms with Gasteiger partial charge in [0.2, 0.25) is 0 Å². The van der Waals surface area contributed by atoms with E-state index >= 15 is 0 Å². The van der Waals surface area contributed by atoms with Crippen LogP contribution in [0.4, 0.5) is 4.39 Å². The molecule has 0 heterocycles. The molecule has 0 aliphatic heterocycles. The Bertz CT molecular complexity index is 403. The molecule has 2 atom stereocenters. The summed E-state index contributed by atoms with van der Waals surface area (Å²) in [6.45, 7) is 6.08. The van der Waals surface area contributed by atoms with Crippen LogP contribution in [0.3, 0.4) is 0 Å². The molecule has 1 aliphatic carbocycles. The molecule has 2 rings (SSSR count). The average molecular weight is 223 g/mol. The van der Waals surface area contributed by atoms with Crippen molar-refractivity contribution in [1.29, 1.82) is 0 Å². The van der Waals surface area contributed by atoms with Crippen LogP contribution in [0.2, 0.25) is 0 Å². The minimum Gasteiger partial charge on any atom is -0.489 e. The second-order valence-corrected chi connectivity index (χ2v) is 5.18. The Labute approximate surface area is 95.6 Å². The molecule has 88 valence electrons. The van der Waals surface area contributed by atoms with Crippen molar-refractivity contribution in [3.05, 3.63) is 29.6 Å². The smallest absolute Gasteiger partial charge is 0.126 e. The summed E-state index contributed by atoms with van der Waals surface area (Å²) >= 11 is 0. The zero-order valence-corrected chi connectivity index (χ0v) is 9.96. The Morgan fingerprint density at radius 2 is 2.12 bits per heavy atom. The summed E-state index contributed by atoms with van der Waals surface area (Å²) in [5.74, 6) is 0.368. The van der Waals surface area contributed by atoms with Crippen molar-refractivity contribution in [3.8, 4) is 5.75 Å². The van der Waals surface area contributed by atoms with Gasteiger partial charge in [-0.3, -0.25) is 0 Å². The van der Waals surface area contributed by atoms with Crippen LogP contribution in [0.25, 0.3) is 0 Å². The molecule has 2 nitrogen and oxygen atoms in total. The van der Waals surface area contributed by atoms with E-state index in [1.54, 1.807) is 6.07 Å². The summed E-state index contributed by atoms with van der Waals surface area (Å²) in [6, 6.07) is 4.79. The van der Waals surface area contributed by atoms with Gasteiger partial charge in [0, 0.05) is 23.9 Å². The zero-order chi connectivity index (χ0) is 11.9. The molecule has 0 saturated heterocycles. The van der Waals surface area contributed by atoms with Crippen molar-refractivity contribution in [1.82, 2.24) is 0 Å². The van der Waals surface area contributed by atoms with Gasteiger partial charge in [-0.1, -0.05) is 19.9 Å². The third-order valence-corrected chi connectivity index (χ3v) is 3.67. The SMILES string of the molecule is Cc1ccc(F)cc1OC1CC(N)C1(C)C. The quantitative estimate of drug-likeness (QED) is 0.836. The van der Waals surface area contributed by atoms with E-state index in [9.17, 15) is 4.39 Å². The number of ether oxygens (including phenoxy) is 1. The summed E-state index contributed by atoms with van der Waals surface area (Å²) in [5.41, 5.74) is 6.84. The van der Waals surface area contributed by atoms with Crippen molar-refractivity contribution in [2.75, 3.05) is 0 Å². The maximum atomic E-state index is 13.1. The highest BCUT2D eigenvalue weighted by molar-refractivity contribution is 5.33. The normalized spacial score (nSPS) is 27.3. The molecule has 1 fully saturated rings. The van der Waals surface area contributed by atoms with Crippen molar-refractivity contribution < 1.29 is 9.13 Å². The molecule has 0 radical (unpaired) electrons. The van der Waals surface area contributed by atoms with E-state index in [2.05, 4.69) is 13.8 Å². The Morgan fingerprint density at radius 3 is 2.69 bits per heavy atom. The molecule has 1 aliphatic rings. The summed E-state index contributed by atoms with van der Waals surface area (Å²) in [4.78, 5) is 0. The molecule has 1 aromatic carbocycles. The first-order chi connectivity index (χ1) is 7.41. The van der Waals surface area contributed by atoms with E-state index < -0.39 is 0 Å². The van der Waals surface area contributed by atoms with Crippen LogP contribution in [0.5, 0.6) is 5.75 Å². The summed E-state index contributed by atoms with van der Waals surface area (Å²) < 4.78 is 18.9. The van der Waals surface area contributed by atoms with Crippen LogP contribution in [0, 0.1) is 18.2 Å². The first-order valence-electron chi connectivity index (χ1n) is 5.59. The van der Waals surface area contributed by atoms with Gasteiger partial charge in [0.25, 0.3) is 0 Å². The fourth-order valence-electron chi connectivity index (χ4n) is 1.97. The van der Waals surface area contributed by atoms with Gasteiger partial charge in [0.05, 0.1) is 0 Å². The maximum Gasteiger partial charge on any atom is 0.126 e. The van der Waals surface area contributed by atoms with Gasteiger partial charge >= 0.3 is 0 Å². The lowest BCUT2D eigenvalue weighted by Gasteiger charge is -2.49. The van der Waals surface area contributed by atoms with Crippen LogP contribution in [-0.2, 0) is 0 Å². The standard InChI is InChI=1S/C13H18FNO/c1-8-4-5-9(14)6-10(8)16-12-7-11(15)13(12,2)3/h4-6,11-12H,7,15H2,1-3H3. The maximum absolute atomic E-state index is 13.1.